The zero-order valence-electron chi connectivity index (χ0n) is 20.0. The molecular weight excluding hydrogens is 608 g/mol. The summed E-state index contributed by atoms with van der Waals surface area (Å²) in [6, 6.07) is 13.0. The fourth-order valence-electron chi connectivity index (χ4n) is 4.05. The Kier molecular flexibility index (Phi) is 7.04. The SMILES string of the molecule is O=S(=O)(O)c1cccc2c(S(=O)(=O)O)c(/N=N/c3ccc4cc(Nc5nc(F)nc(F)c5Cl)ccc4c3O)ccc12. The van der Waals surface area contributed by atoms with Crippen molar-refractivity contribution in [3.8, 4) is 5.75 Å². The van der Waals surface area contributed by atoms with Crippen LogP contribution in [0.25, 0.3) is 21.5 Å². The minimum atomic E-state index is -4.98. The van der Waals surface area contributed by atoms with E-state index in [2.05, 4.69) is 25.5 Å². The van der Waals surface area contributed by atoms with Crippen LogP contribution in [0.2, 0.25) is 5.02 Å². The molecule has 210 valence electrons. The van der Waals surface area contributed by atoms with E-state index in [4.69, 9.17) is 11.6 Å². The highest BCUT2D eigenvalue weighted by Crippen LogP contribution is 2.40. The molecule has 0 saturated carbocycles. The van der Waals surface area contributed by atoms with Gasteiger partial charge >= 0.3 is 6.08 Å². The Balaban J connectivity index is 1.54. The number of hydrogen-bond acceptors (Lipinski definition) is 10. The molecule has 0 amide bonds. The molecular formula is C24H14ClF2N5O7S2. The topological polar surface area (TPSA) is 191 Å². The zero-order chi connectivity index (χ0) is 29.7. The van der Waals surface area contributed by atoms with Crippen LogP contribution in [0.1, 0.15) is 0 Å². The molecule has 0 spiro atoms. The predicted molar refractivity (Wildman–Crippen MR) is 144 cm³/mol. The highest BCUT2D eigenvalue weighted by Gasteiger charge is 2.23. The fraction of sp³-hybridized carbons (Fsp3) is 0. The van der Waals surface area contributed by atoms with Crippen molar-refractivity contribution in [1.29, 1.82) is 0 Å². The van der Waals surface area contributed by atoms with Gasteiger partial charge in [0.2, 0.25) is 5.95 Å². The lowest BCUT2D eigenvalue weighted by atomic mass is 10.1. The van der Waals surface area contributed by atoms with Crippen molar-refractivity contribution in [2.75, 3.05) is 5.32 Å². The number of phenolic OH excluding ortho intramolecular Hbond substituents is 1. The highest BCUT2D eigenvalue weighted by molar-refractivity contribution is 7.86. The lowest BCUT2D eigenvalue weighted by Crippen LogP contribution is -2.03. The van der Waals surface area contributed by atoms with Crippen LogP contribution in [0.15, 0.2) is 80.7 Å². The van der Waals surface area contributed by atoms with E-state index in [0.29, 0.717) is 11.1 Å². The molecule has 0 saturated heterocycles. The fourth-order valence-corrected chi connectivity index (χ4v) is 5.71. The molecule has 0 bridgehead atoms. The molecule has 17 heteroatoms. The number of benzene rings is 4. The summed E-state index contributed by atoms with van der Waals surface area (Å²) in [4.78, 5) is 4.95. The minimum absolute atomic E-state index is 0.103. The summed E-state index contributed by atoms with van der Waals surface area (Å²) in [5.74, 6) is -1.94. The summed E-state index contributed by atoms with van der Waals surface area (Å²) in [7, 11) is -9.70. The van der Waals surface area contributed by atoms with E-state index < -0.39 is 47.1 Å². The molecule has 0 fully saturated rings. The monoisotopic (exact) mass is 621 g/mol. The number of aromatic nitrogens is 2. The molecule has 0 aliphatic rings. The average Bonchev–Trinajstić information content (AvgIpc) is 2.89. The summed E-state index contributed by atoms with van der Waals surface area (Å²) < 4.78 is 94.3. The van der Waals surface area contributed by atoms with Crippen LogP contribution < -0.4 is 5.32 Å². The van der Waals surface area contributed by atoms with Crippen LogP contribution in [0.5, 0.6) is 5.75 Å². The van der Waals surface area contributed by atoms with Crippen molar-refractivity contribution in [3.63, 3.8) is 0 Å². The molecule has 0 unspecified atom stereocenters. The third-order valence-electron chi connectivity index (χ3n) is 5.77. The Morgan fingerprint density at radius 1 is 0.805 bits per heavy atom. The lowest BCUT2D eigenvalue weighted by molar-refractivity contribution is 0.481. The molecule has 0 atom stereocenters. The van der Waals surface area contributed by atoms with E-state index in [0.717, 1.165) is 12.1 Å². The largest absolute Gasteiger partial charge is 0.505 e. The van der Waals surface area contributed by atoms with Crippen LogP contribution in [0, 0.1) is 12.0 Å². The van der Waals surface area contributed by atoms with Gasteiger partial charge in [0.25, 0.3) is 20.2 Å². The standard InChI is InChI=1S/C24H14ClF2N5O7S2/c25-19-22(26)29-24(27)30-23(19)28-12-5-6-13-11(10-12)4-8-16(20(13)33)31-32-17-9-7-14-15(21(17)41(37,38)39)2-1-3-18(14)40(34,35)36/h1-10,33H,(H,28,29,30)(H,34,35,36)(H,37,38,39)/b32-31+. The first-order valence-electron chi connectivity index (χ1n) is 11.1. The predicted octanol–water partition coefficient (Wildman–Crippen LogP) is 6.07. The Morgan fingerprint density at radius 2 is 1.49 bits per heavy atom. The summed E-state index contributed by atoms with van der Waals surface area (Å²) in [6.45, 7) is 0. The first-order valence-corrected chi connectivity index (χ1v) is 14.3. The number of hydrogen-bond donors (Lipinski definition) is 4. The normalized spacial score (nSPS) is 12.4. The number of fused-ring (bicyclic) bond motifs is 2. The zero-order valence-corrected chi connectivity index (χ0v) is 22.4. The Bertz CT molecular complexity index is 2150. The van der Waals surface area contributed by atoms with Gasteiger partial charge in [0.1, 0.15) is 26.2 Å². The Hall–Kier alpha value is -4.35. The second kappa shape index (κ2) is 10.2. The van der Waals surface area contributed by atoms with Gasteiger partial charge < -0.3 is 10.4 Å². The molecule has 41 heavy (non-hydrogen) atoms. The summed E-state index contributed by atoms with van der Waals surface area (Å²) in [6.07, 6.45) is -1.33. The van der Waals surface area contributed by atoms with Crippen molar-refractivity contribution in [2.24, 2.45) is 10.2 Å². The number of anilines is 2. The van der Waals surface area contributed by atoms with Gasteiger partial charge in [-0.05, 0) is 41.8 Å². The maximum Gasteiger partial charge on any atom is 0.313 e. The molecule has 1 heterocycles. The molecule has 0 aliphatic heterocycles. The average molecular weight is 622 g/mol. The third kappa shape index (κ3) is 5.50. The summed E-state index contributed by atoms with van der Waals surface area (Å²) >= 11 is 5.78. The minimum Gasteiger partial charge on any atom is -0.505 e. The molecule has 5 aromatic rings. The molecule has 4 N–H and O–H groups in total. The Morgan fingerprint density at radius 3 is 2.20 bits per heavy atom. The first-order chi connectivity index (χ1) is 19.2. The smallest absolute Gasteiger partial charge is 0.313 e. The second-order valence-corrected chi connectivity index (χ2v) is 11.5. The van der Waals surface area contributed by atoms with Gasteiger partial charge in [-0.2, -0.15) is 35.6 Å². The van der Waals surface area contributed by atoms with E-state index in [1.807, 2.05) is 0 Å². The van der Waals surface area contributed by atoms with Gasteiger partial charge in [-0.3, -0.25) is 9.11 Å². The molecule has 0 radical (unpaired) electrons. The number of nitrogens with zero attached hydrogens (tertiary/aromatic N) is 4. The van der Waals surface area contributed by atoms with Crippen LogP contribution in [-0.2, 0) is 20.2 Å². The number of phenols is 1. The van der Waals surface area contributed by atoms with Gasteiger partial charge in [-0.25, -0.2) is 0 Å². The maximum atomic E-state index is 13.6. The highest BCUT2D eigenvalue weighted by atomic mass is 35.5. The number of nitrogens with one attached hydrogen (secondary N) is 1. The van der Waals surface area contributed by atoms with Gasteiger partial charge in [0.05, 0.1) is 0 Å². The van der Waals surface area contributed by atoms with Crippen LogP contribution in [0.4, 0.5) is 31.7 Å². The van der Waals surface area contributed by atoms with E-state index in [-0.39, 0.29) is 39.1 Å². The van der Waals surface area contributed by atoms with Crippen molar-refractivity contribution >= 4 is 76.3 Å². The summed E-state index contributed by atoms with van der Waals surface area (Å²) in [5, 5.41) is 20.9. The molecule has 0 aliphatic carbocycles. The van der Waals surface area contributed by atoms with E-state index in [9.17, 15) is 39.8 Å². The van der Waals surface area contributed by atoms with Crippen LogP contribution in [-0.4, -0.2) is 41.0 Å². The lowest BCUT2D eigenvalue weighted by Gasteiger charge is -2.10. The van der Waals surface area contributed by atoms with Gasteiger partial charge in [0, 0.05) is 21.8 Å². The van der Waals surface area contributed by atoms with Crippen molar-refractivity contribution in [1.82, 2.24) is 9.97 Å². The molecule has 5 rings (SSSR count). The van der Waals surface area contributed by atoms with Gasteiger partial charge in [0.15, 0.2) is 11.6 Å². The first kappa shape index (κ1) is 28.2. The van der Waals surface area contributed by atoms with E-state index >= 15 is 0 Å². The van der Waals surface area contributed by atoms with E-state index in [1.54, 1.807) is 0 Å². The quantitative estimate of drug-likeness (QED) is 0.0748. The molecule has 12 nitrogen and oxygen atoms in total. The van der Waals surface area contributed by atoms with Crippen LogP contribution in [0.3, 0.4) is 0 Å². The van der Waals surface area contributed by atoms with Crippen LogP contribution >= 0.6 is 11.6 Å². The second-order valence-electron chi connectivity index (χ2n) is 8.36. The Labute approximate surface area is 234 Å². The number of halogens is 3. The van der Waals surface area contributed by atoms with Gasteiger partial charge in [-0.1, -0.05) is 35.9 Å². The van der Waals surface area contributed by atoms with Crippen molar-refractivity contribution in [3.05, 3.63) is 77.7 Å². The molecule has 1 aromatic heterocycles. The molecule has 4 aromatic carbocycles. The number of aromatic hydroxyl groups is 1. The summed E-state index contributed by atoms with van der Waals surface area (Å²) in [5.41, 5.74) is -0.175. The maximum absolute atomic E-state index is 13.6. The van der Waals surface area contributed by atoms with Crippen molar-refractivity contribution < 1.29 is 39.8 Å². The third-order valence-corrected chi connectivity index (χ3v) is 7.96. The number of azo groups is 1. The van der Waals surface area contributed by atoms with Crippen molar-refractivity contribution in [2.45, 2.75) is 9.79 Å². The van der Waals surface area contributed by atoms with E-state index in [1.165, 1.54) is 48.5 Å². The number of rotatable bonds is 6. The van der Waals surface area contributed by atoms with Gasteiger partial charge in [-0.15, -0.1) is 10.2 Å².